The number of amides is 2. The highest BCUT2D eigenvalue weighted by atomic mass is 16.2. The molecule has 154 valence electrons. The third kappa shape index (κ3) is 5.03. The number of hydrogen-bond donors (Lipinski definition) is 2. The Kier molecular flexibility index (Phi) is 6.92. The Labute approximate surface area is 167 Å². The van der Waals surface area contributed by atoms with Crippen molar-refractivity contribution in [1.82, 2.24) is 15.2 Å². The first-order valence-corrected chi connectivity index (χ1v) is 10.8. The maximum Gasteiger partial charge on any atom is 0.256 e. The topological polar surface area (TPSA) is 80.2 Å². The first kappa shape index (κ1) is 20.6. The number of nitrogens with one attached hydrogen (secondary N) is 2. The van der Waals surface area contributed by atoms with Gasteiger partial charge in [0.25, 0.3) is 11.8 Å². The molecule has 1 aromatic rings. The lowest BCUT2D eigenvalue weighted by atomic mass is 10.1. The average molecular weight is 388 g/mol. The summed E-state index contributed by atoms with van der Waals surface area (Å²) >= 11 is 0. The lowest BCUT2D eigenvalue weighted by Crippen LogP contribution is -2.40. The fourth-order valence-electron chi connectivity index (χ4n) is 4.36. The molecule has 2 N–H and O–H groups in total. The fraction of sp³-hybridized carbons (Fsp3) is 0.682. The highest BCUT2D eigenvalue weighted by Gasteiger charge is 2.25. The van der Waals surface area contributed by atoms with Gasteiger partial charge >= 0.3 is 0 Å². The number of nitrogens with zero attached hydrogens (tertiary/aromatic N) is 1. The van der Waals surface area contributed by atoms with Gasteiger partial charge in [0.1, 0.15) is 11.1 Å². The molecule has 0 unspecified atom stereocenters. The van der Waals surface area contributed by atoms with Crippen LogP contribution in [0.5, 0.6) is 0 Å². The molecule has 0 saturated heterocycles. The van der Waals surface area contributed by atoms with Crippen molar-refractivity contribution in [1.29, 1.82) is 0 Å². The zero-order valence-corrected chi connectivity index (χ0v) is 17.1. The van der Waals surface area contributed by atoms with Gasteiger partial charge in [-0.3, -0.25) is 14.4 Å². The molecule has 2 fully saturated rings. The highest BCUT2D eigenvalue weighted by molar-refractivity contribution is 5.99. The van der Waals surface area contributed by atoms with Gasteiger partial charge in [0.15, 0.2) is 0 Å². The Morgan fingerprint density at radius 3 is 2.00 bits per heavy atom. The first-order chi connectivity index (χ1) is 13.5. The zero-order valence-electron chi connectivity index (χ0n) is 17.1. The summed E-state index contributed by atoms with van der Waals surface area (Å²) in [5.41, 5.74) is -0.319. The van der Waals surface area contributed by atoms with Gasteiger partial charge in [0, 0.05) is 30.5 Å². The van der Waals surface area contributed by atoms with Gasteiger partial charge in [-0.1, -0.05) is 38.5 Å². The Balaban J connectivity index is 1.91. The predicted octanol–water partition coefficient (Wildman–Crippen LogP) is 3.55. The van der Waals surface area contributed by atoms with Crippen molar-refractivity contribution in [2.45, 2.75) is 96.2 Å². The van der Waals surface area contributed by atoms with E-state index in [1.165, 1.54) is 12.8 Å². The molecular weight excluding hydrogens is 354 g/mol. The lowest BCUT2D eigenvalue weighted by Gasteiger charge is -2.20. The number of rotatable bonds is 5. The number of hydrogen-bond acceptors (Lipinski definition) is 3. The number of pyridine rings is 1. The molecule has 0 atom stereocenters. The minimum absolute atomic E-state index is 0.0640. The highest BCUT2D eigenvalue weighted by Crippen LogP contribution is 2.29. The summed E-state index contributed by atoms with van der Waals surface area (Å²) in [5, 5.41) is 5.85. The van der Waals surface area contributed by atoms with E-state index in [0.29, 0.717) is 0 Å². The van der Waals surface area contributed by atoms with Gasteiger partial charge < -0.3 is 15.2 Å². The van der Waals surface area contributed by atoms with Gasteiger partial charge in [-0.2, -0.15) is 0 Å². The summed E-state index contributed by atoms with van der Waals surface area (Å²) in [6, 6.07) is 0.286. The summed E-state index contributed by atoms with van der Waals surface area (Å²) in [6.45, 7) is 3.71. The second-order valence-corrected chi connectivity index (χ2v) is 8.59. The molecule has 0 bridgehead atoms. The molecule has 0 radical (unpaired) electrons. The van der Waals surface area contributed by atoms with E-state index in [4.69, 9.17) is 0 Å². The van der Waals surface area contributed by atoms with Crippen LogP contribution in [0.1, 0.15) is 105 Å². The van der Waals surface area contributed by atoms with Crippen LogP contribution >= 0.6 is 0 Å². The number of aromatic nitrogens is 1. The molecule has 2 aliphatic carbocycles. The van der Waals surface area contributed by atoms with Crippen molar-refractivity contribution in [3.05, 3.63) is 33.7 Å². The monoisotopic (exact) mass is 387 g/mol. The smallest absolute Gasteiger partial charge is 0.256 e. The van der Waals surface area contributed by atoms with E-state index in [1.54, 1.807) is 12.4 Å². The average Bonchev–Trinajstić information content (AvgIpc) is 3.06. The number of carbonyl (C=O) groups excluding carboxylic acids is 2. The molecule has 6 nitrogen and oxygen atoms in total. The van der Waals surface area contributed by atoms with Crippen LogP contribution in [0.2, 0.25) is 0 Å². The van der Waals surface area contributed by atoms with Crippen molar-refractivity contribution >= 4 is 11.8 Å². The molecule has 0 aliphatic heterocycles. The molecule has 6 heteroatoms. The minimum atomic E-state index is -0.474. The molecular formula is C22H33N3O3. The molecule has 2 aliphatic rings. The van der Waals surface area contributed by atoms with E-state index < -0.39 is 11.3 Å². The van der Waals surface area contributed by atoms with Crippen molar-refractivity contribution in [3.8, 4) is 0 Å². The third-order valence-electron chi connectivity index (χ3n) is 5.89. The maximum absolute atomic E-state index is 13.0. The minimum Gasteiger partial charge on any atom is -0.350 e. The van der Waals surface area contributed by atoms with Gasteiger partial charge in [-0.05, 0) is 39.5 Å². The third-order valence-corrected chi connectivity index (χ3v) is 5.89. The molecule has 1 aromatic heterocycles. The van der Waals surface area contributed by atoms with Gasteiger partial charge in [-0.15, -0.1) is 0 Å². The van der Waals surface area contributed by atoms with Crippen LogP contribution in [-0.4, -0.2) is 28.5 Å². The van der Waals surface area contributed by atoms with Crippen molar-refractivity contribution in [3.63, 3.8) is 0 Å². The van der Waals surface area contributed by atoms with Crippen LogP contribution in [0.15, 0.2) is 17.2 Å². The quantitative estimate of drug-likeness (QED) is 0.758. The van der Waals surface area contributed by atoms with Gasteiger partial charge in [0.05, 0.1) is 0 Å². The van der Waals surface area contributed by atoms with Gasteiger partial charge in [-0.25, -0.2) is 0 Å². The normalized spacial score (nSPS) is 18.8. The summed E-state index contributed by atoms with van der Waals surface area (Å²) < 4.78 is 1.92. The van der Waals surface area contributed by atoms with Crippen LogP contribution in [-0.2, 0) is 0 Å². The van der Waals surface area contributed by atoms with E-state index in [9.17, 15) is 14.4 Å². The van der Waals surface area contributed by atoms with Crippen molar-refractivity contribution in [2.24, 2.45) is 0 Å². The molecule has 2 saturated carbocycles. The summed E-state index contributed by atoms with van der Waals surface area (Å²) in [6.07, 6.45) is 14.1. The lowest BCUT2D eigenvalue weighted by molar-refractivity contribution is 0.0931. The Morgan fingerprint density at radius 2 is 1.43 bits per heavy atom. The van der Waals surface area contributed by atoms with E-state index in [1.807, 2.05) is 18.4 Å². The van der Waals surface area contributed by atoms with Crippen LogP contribution in [0.3, 0.4) is 0 Å². The van der Waals surface area contributed by atoms with Crippen LogP contribution in [0.25, 0.3) is 0 Å². The maximum atomic E-state index is 13.0. The molecule has 3 rings (SSSR count). The van der Waals surface area contributed by atoms with E-state index in [0.717, 1.165) is 51.4 Å². The summed E-state index contributed by atoms with van der Waals surface area (Å²) in [4.78, 5) is 38.5. The van der Waals surface area contributed by atoms with E-state index in [2.05, 4.69) is 10.6 Å². The molecule has 2 amide bonds. The standard InChI is InChI=1S/C22H33N3O3/c1-15(2)23-21(27)18-13-25(17-11-7-8-12-17)14-19(20(18)26)22(28)24-16-9-5-3-4-6-10-16/h13-17H,3-12H2,1-2H3,(H,23,27)(H,24,28). The van der Waals surface area contributed by atoms with E-state index in [-0.39, 0.29) is 35.2 Å². The summed E-state index contributed by atoms with van der Waals surface area (Å²) in [5.74, 6) is -0.751. The second-order valence-electron chi connectivity index (χ2n) is 8.59. The van der Waals surface area contributed by atoms with Crippen LogP contribution in [0.4, 0.5) is 0 Å². The van der Waals surface area contributed by atoms with Gasteiger partial charge in [0.2, 0.25) is 5.43 Å². The molecule has 1 heterocycles. The Hall–Kier alpha value is -2.11. The first-order valence-electron chi connectivity index (χ1n) is 10.8. The van der Waals surface area contributed by atoms with Crippen molar-refractivity contribution in [2.75, 3.05) is 0 Å². The zero-order chi connectivity index (χ0) is 20.1. The number of carbonyl (C=O) groups is 2. The Morgan fingerprint density at radius 1 is 0.893 bits per heavy atom. The predicted molar refractivity (Wildman–Crippen MR) is 110 cm³/mol. The molecule has 0 spiro atoms. The van der Waals surface area contributed by atoms with E-state index >= 15 is 0 Å². The molecule has 28 heavy (non-hydrogen) atoms. The summed E-state index contributed by atoms with van der Waals surface area (Å²) in [7, 11) is 0. The van der Waals surface area contributed by atoms with Crippen LogP contribution < -0.4 is 16.1 Å². The second kappa shape index (κ2) is 9.39. The Bertz CT molecular complexity index is 755. The van der Waals surface area contributed by atoms with Crippen molar-refractivity contribution < 1.29 is 9.59 Å². The fourth-order valence-corrected chi connectivity index (χ4v) is 4.36. The van der Waals surface area contributed by atoms with Crippen LogP contribution in [0, 0.1) is 0 Å². The molecule has 0 aromatic carbocycles. The SMILES string of the molecule is CC(C)NC(=O)c1cn(C2CCCC2)cc(C(=O)NC2CCCCCC2)c1=O. The largest absolute Gasteiger partial charge is 0.350 e.